The lowest BCUT2D eigenvalue weighted by Gasteiger charge is -2.39. The Balaban J connectivity index is 2.12. The van der Waals surface area contributed by atoms with Crippen LogP contribution in [-0.2, 0) is 23.7 Å². The van der Waals surface area contributed by atoms with E-state index in [1.165, 1.54) is 109 Å². The molecule has 1 rings (SSSR count). The normalized spacial score (nSPS) is 22.5. The number of carbonyl (C=O) groups is 1. The number of carbonyl (C=O) groups excluding carboxylic acids is 1. The van der Waals surface area contributed by atoms with E-state index in [0.29, 0.717) is 13.0 Å². The Labute approximate surface area is 274 Å². The second-order valence-corrected chi connectivity index (χ2v) is 13.0. The third kappa shape index (κ3) is 21.6. The van der Waals surface area contributed by atoms with Crippen LogP contribution in [0.5, 0.6) is 0 Å². The lowest BCUT2D eigenvalue weighted by Crippen LogP contribution is -2.59. The van der Waals surface area contributed by atoms with Crippen molar-refractivity contribution in [3.05, 3.63) is 0 Å². The van der Waals surface area contributed by atoms with Crippen LogP contribution in [0.2, 0.25) is 0 Å². The molecule has 45 heavy (non-hydrogen) atoms. The smallest absolute Gasteiger partial charge is 0.306 e. The molecule has 1 saturated heterocycles. The van der Waals surface area contributed by atoms with Crippen LogP contribution in [0.1, 0.15) is 162 Å². The highest BCUT2D eigenvalue weighted by atomic mass is 16.7. The summed E-state index contributed by atoms with van der Waals surface area (Å²) in [6, 6.07) is 0. The van der Waals surface area contributed by atoms with Gasteiger partial charge in [0.15, 0.2) is 6.29 Å². The van der Waals surface area contributed by atoms with E-state index >= 15 is 0 Å². The van der Waals surface area contributed by atoms with Crippen LogP contribution >= 0.6 is 0 Å². The minimum Gasteiger partial charge on any atom is -0.457 e. The van der Waals surface area contributed by atoms with Crippen molar-refractivity contribution in [2.75, 3.05) is 26.4 Å². The maximum absolute atomic E-state index is 12.3. The van der Waals surface area contributed by atoms with E-state index in [0.717, 1.165) is 32.1 Å². The number of aliphatic hydroxyl groups excluding tert-OH is 4. The lowest BCUT2D eigenvalue weighted by atomic mass is 9.99. The molecule has 0 amide bonds. The summed E-state index contributed by atoms with van der Waals surface area (Å²) in [4.78, 5) is 12.3. The Hall–Kier alpha value is -0.810. The monoisotopic (exact) mass is 647 g/mol. The van der Waals surface area contributed by atoms with Crippen molar-refractivity contribution >= 4 is 5.97 Å². The highest BCUT2D eigenvalue weighted by Gasteiger charge is 2.44. The molecule has 0 spiro atoms. The van der Waals surface area contributed by atoms with Gasteiger partial charge in [0.25, 0.3) is 0 Å². The minimum absolute atomic E-state index is 0.110. The van der Waals surface area contributed by atoms with Crippen molar-refractivity contribution in [3.8, 4) is 0 Å². The van der Waals surface area contributed by atoms with Gasteiger partial charge in [-0.2, -0.15) is 0 Å². The first kappa shape index (κ1) is 42.2. The van der Waals surface area contributed by atoms with Gasteiger partial charge in [0.1, 0.15) is 30.5 Å². The molecule has 0 saturated carbocycles. The van der Waals surface area contributed by atoms with Gasteiger partial charge in [-0.1, -0.05) is 142 Å². The third-order valence-corrected chi connectivity index (χ3v) is 8.77. The highest BCUT2D eigenvalue weighted by molar-refractivity contribution is 5.69. The standard InChI is InChI=1S/C36H70O9/c1-3-5-7-8-9-10-11-12-13-14-15-16-17-18-19-20-21-22-24-26-42-28-30(44-32(38)25-23-6-4-2)29-43-36-35(41)34(40)33(39)31(27-37)45-36/h30-31,33-37,39-41H,3-29H2,1-2H3. The van der Waals surface area contributed by atoms with Crippen molar-refractivity contribution in [2.45, 2.75) is 198 Å². The van der Waals surface area contributed by atoms with Crippen molar-refractivity contribution in [2.24, 2.45) is 0 Å². The Kier molecular flexibility index (Phi) is 27.5. The summed E-state index contributed by atoms with van der Waals surface area (Å²) in [6.07, 6.45) is 20.7. The molecule has 0 aliphatic carbocycles. The topological polar surface area (TPSA) is 135 Å². The van der Waals surface area contributed by atoms with E-state index in [2.05, 4.69) is 13.8 Å². The number of hydrogen-bond donors (Lipinski definition) is 4. The maximum Gasteiger partial charge on any atom is 0.306 e. The first-order chi connectivity index (χ1) is 21.9. The summed E-state index contributed by atoms with van der Waals surface area (Å²) in [5, 5.41) is 39.6. The van der Waals surface area contributed by atoms with Crippen LogP contribution in [0.3, 0.4) is 0 Å². The molecule has 0 aromatic carbocycles. The molecule has 9 heteroatoms. The molecular weight excluding hydrogens is 576 g/mol. The molecule has 0 aromatic heterocycles. The number of unbranched alkanes of at least 4 members (excludes halogenated alkanes) is 20. The molecule has 1 heterocycles. The van der Waals surface area contributed by atoms with Crippen LogP contribution in [0.25, 0.3) is 0 Å². The van der Waals surface area contributed by atoms with Gasteiger partial charge in [-0.3, -0.25) is 4.79 Å². The molecule has 0 aromatic rings. The first-order valence-electron chi connectivity index (χ1n) is 18.6. The highest BCUT2D eigenvalue weighted by Crippen LogP contribution is 2.22. The van der Waals surface area contributed by atoms with Gasteiger partial charge in [0.05, 0.1) is 19.8 Å². The van der Waals surface area contributed by atoms with Crippen LogP contribution in [-0.4, -0.2) is 89.6 Å². The number of aliphatic hydroxyl groups is 4. The molecule has 0 bridgehead atoms. The summed E-state index contributed by atoms with van der Waals surface area (Å²) < 4.78 is 22.4. The van der Waals surface area contributed by atoms with Gasteiger partial charge >= 0.3 is 5.97 Å². The van der Waals surface area contributed by atoms with E-state index in [4.69, 9.17) is 18.9 Å². The SMILES string of the molecule is CCCCCCCCCCCCCCCCCCCCCOCC(COC1OC(CO)C(O)C(O)C1O)OC(=O)CCCCC. The molecule has 1 aliphatic rings. The van der Waals surface area contributed by atoms with E-state index in [1.807, 2.05) is 0 Å². The third-order valence-electron chi connectivity index (χ3n) is 8.77. The van der Waals surface area contributed by atoms with E-state index in [9.17, 15) is 25.2 Å². The van der Waals surface area contributed by atoms with E-state index < -0.39 is 43.4 Å². The molecule has 1 fully saturated rings. The van der Waals surface area contributed by atoms with Crippen molar-refractivity contribution in [3.63, 3.8) is 0 Å². The fourth-order valence-corrected chi connectivity index (χ4v) is 5.78. The van der Waals surface area contributed by atoms with Crippen LogP contribution in [0.4, 0.5) is 0 Å². The lowest BCUT2D eigenvalue weighted by molar-refractivity contribution is -0.305. The first-order valence-corrected chi connectivity index (χ1v) is 18.6. The summed E-state index contributed by atoms with van der Waals surface area (Å²) in [6.45, 7) is 4.40. The number of hydrogen-bond acceptors (Lipinski definition) is 9. The van der Waals surface area contributed by atoms with Gasteiger partial charge in [0.2, 0.25) is 0 Å². The zero-order valence-corrected chi connectivity index (χ0v) is 28.9. The Morgan fingerprint density at radius 1 is 0.622 bits per heavy atom. The zero-order valence-electron chi connectivity index (χ0n) is 28.9. The van der Waals surface area contributed by atoms with Crippen molar-refractivity contribution < 1.29 is 44.2 Å². The fraction of sp³-hybridized carbons (Fsp3) is 0.972. The predicted molar refractivity (Wildman–Crippen MR) is 178 cm³/mol. The number of rotatable bonds is 31. The molecule has 4 N–H and O–H groups in total. The van der Waals surface area contributed by atoms with Crippen LogP contribution in [0.15, 0.2) is 0 Å². The van der Waals surface area contributed by atoms with Gasteiger partial charge in [-0.05, 0) is 12.8 Å². The van der Waals surface area contributed by atoms with Crippen LogP contribution in [0, 0.1) is 0 Å². The Morgan fingerprint density at radius 2 is 1.09 bits per heavy atom. The van der Waals surface area contributed by atoms with Gasteiger partial charge in [0, 0.05) is 13.0 Å². The largest absolute Gasteiger partial charge is 0.457 e. The molecule has 6 unspecified atom stereocenters. The number of esters is 1. The molecule has 1 aliphatic heterocycles. The van der Waals surface area contributed by atoms with E-state index in [-0.39, 0.29) is 19.2 Å². The zero-order chi connectivity index (χ0) is 33.0. The summed E-state index contributed by atoms with van der Waals surface area (Å²) >= 11 is 0. The maximum atomic E-state index is 12.3. The second kappa shape index (κ2) is 29.3. The summed E-state index contributed by atoms with van der Waals surface area (Å²) in [5.41, 5.74) is 0. The van der Waals surface area contributed by atoms with Crippen molar-refractivity contribution in [1.29, 1.82) is 0 Å². The van der Waals surface area contributed by atoms with Gasteiger partial charge in [-0.15, -0.1) is 0 Å². The van der Waals surface area contributed by atoms with E-state index in [1.54, 1.807) is 0 Å². The second-order valence-electron chi connectivity index (χ2n) is 13.0. The summed E-state index contributed by atoms with van der Waals surface area (Å²) in [5.74, 6) is -0.335. The molecule has 0 radical (unpaired) electrons. The van der Waals surface area contributed by atoms with Gasteiger partial charge in [-0.25, -0.2) is 0 Å². The molecule has 6 atom stereocenters. The van der Waals surface area contributed by atoms with Crippen molar-refractivity contribution in [1.82, 2.24) is 0 Å². The predicted octanol–water partition coefficient (Wildman–Crippen LogP) is 6.74. The minimum atomic E-state index is -1.53. The average molecular weight is 647 g/mol. The molecular formula is C36H70O9. The summed E-state index contributed by atoms with van der Waals surface area (Å²) in [7, 11) is 0. The Morgan fingerprint density at radius 3 is 1.58 bits per heavy atom. The quantitative estimate of drug-likeness (QED) is 0.0477. The van der Waals surface area contributed by atoms with Crippen LogP contribution < -0.4 is 0 Å². The Bertz CT molecular complexity index is 662. The number of ether oxygens (including phenoxy) is 4. The average Bonchev–Trinajstić information content (AvgIpc) is 3.04. The molecule has 9 nitrogen and oxygen atoms in total. The molecule has 268 valence electrons. The fourth-order valence-electron chi connectivity index (χ4n) is 5.78. The van der Waals surface area contributed by atoms with Gasteiger partial charge < -0.3 is 39.4 Å².